The first-order chi connectivity index (χ1) is 19.3. The molecule has 0 bridgehead atoms. The summed E-state index contributed by atoms with van der Waals surface area (Å²) < 4.78 is 7.12. The lowest BCUT2D eigenvalue weighted by Crippen LogP contribution is -2.30. The Balaban J connectivity index is 1.48. The second-order valence-corrected chi connectivity index (χ2v) is 9.29. The van der Waals surface area contributed by atoms with Crippen LogP contribution in [0.25, 0.3) is 34.3 Å². The molecule has 202 valence electrons. The van der Waals surface area contributed by atoms with Gasteiger partial charge in [-0.3, -0.25) is 4.79 Å². The summed E-state index contributed by atoms with van der Waals surface area (Å²) in [5.41, 5.74) is 10.4. The molecule has 40 heavy (non-hydrogen) atoms. The summed E-state index contributed by atoms with van der Waals surface area (Å²) in [6, 6.07) is 16.8. The van der Waals surface area contributed by atoms with E-state index in [0.29, 0.717) is 17.1 Å². The Labute approximate surface area is 229 Å². The zero-order valence-corrected chi connectivity index (χ0v) is 21.9. The molecule has 11 nitrogen and oxygen atoms in total. The van der Waals surface area contributed by atoms with Crippen molar-refractivity contribution in [1.29, 1.82) is 0 Å². The highest BCUT2D eigenvalue weighted by Crippen LogP contribution is 2.29. The van der Waals surface area contributed by atoms with E-state index in [2.05, 4.69) is 25.5 Å². The Morgan fingerprint density at radius 2 is 1.85 bits per heavy atom. The number of nitrogen functional groups attached to an aromatic ring is 1. The van der Waals surface area contributed by atoms with Crippen LogP contribution in [0, 0.1) is 6.92 Å². The third-order valence-corrected chi connectivity index (χ3v) is 6.46. The zero-order chi connectivity index (χ0) is 28.2. The molecule has 4 N–H and O–H groups in total. The average molecular weight is 538 g/mol. The quantitative estimate of drug-likeness (QED) is 0.254. The number of carbonyl (C=O) groups is 1. The predicted molar refractivity (Wildman–Crippen MR) is 149 cm³/mol. The van der Waals surface area contributed by atoms with E-state index >= 15 is 0 Å². The first kappa shape index (κ1) is 26.4. The first-order valence-electron chi connectivity index (χ1n) is 12.5. The molecule has 5 aromatic rings. The van der Waals surface area contributed by atoms with Crippen molar-refractivity contribution < 1.29 is 14.3 Å². The lowest BCUT2D eigenvalue weighted by molar-refractivity contribution is -0.141. The van der Waals surface area contributed by atoms with E-state index < -0.39 is 17.6 Å². The third-order valence-electron chi connectivity index (χ3n) is 6.46. The van der Waals surface area contributed by atoms with Crippen molar-refractivity contribution in [3.8, 4) is 34.3 Å². The fourth-order valence-corrected chi connectivity index (χ4v) is 4.44. The van der Waals surface area contributed by atoms with Crippen LogP contribution in [-0.2, 0) is 17.8 Å². The van der Waals surface area contributed by atoms with E-state index in [0.717, 1.165) is 28.8 Å². The molecule has 5 rings (SSSR count). The average Bonchev–Trinajstić information content (AvgIpc) is 3.43. The summed E-state index contributed by atoms with van der Waals surface area (Å²) in [7, 11) is 1.89. The molecule has 1 unspecified atom stereocenters. The van der Waals surface area contributed by atoms with Gasteiger partial charge in [0.05, 0.1) is 11.9 Å². The summed E-state index contributed by atoms with van der Waals surface area (Å²) in [6.45, 7) is 2.70. The van der Waals surface area contributed by atoms with Gasteiger partial charge in [0.15, 0.2) is 11.5 Å². The third kappa shape index (κ3) is 5.49. The summed E-state index contributed by atoms with van der Waals surface area (Å²) in [6.07, 6.45) is 3.04. The van der Waals surface area contributed by atoms with Crippen molar-refractivity contribution in [3.63, 3.8) is 0 Å². The Hall–Kier alpha value is -5.16. The van der Waals surface area contributed by atoms with Gasteiger partial charge in [-0.15, -0.1) is 10.2 Å². The number of pyridine rings is 1. The minimum absolute atomic E-state index is 0.0841. The number of aliphatic carboxylic acids is 1. The molecule has 0 aliphatic carbocycles. The van der Waals surface area contributed by atoms with E-state index in [1.165, 1.54) is 23.0 Å². The van der Waals surface area contributed by atoms with Crippen LogP contribution in [0.15, 0.2) is 82.3 Å². The highest BCUT2D eigenvalue weighted by atomic mass is 16.4. The summed E-state index contributed by atoms with van der Waals surface area (Å²) in [5.74, 6) is -0.643. The van der Waals surface area contributed by atoms with Gasteiger partial charge in [-0.25, -0.2) is 14.8 Å². The van der Waals surface area contributed by atoms with Crippen LogP contribution in [0.4, 0.5) is 5.82 Å². The minimum atomic E-state index is -1.13. The van der Waals surface area contributed by atoms with Crippen LogP contribution in [0.3, 0.4) is 0 Å². The molecule has 0 saturated carbocycles. The molecular formula is C29H27N7O4. The molecule has 0 radical (unpaired) electrons. The molecule has 2 aromatic carbocycles. The van der Waals surface area contributed by atoms with Crippen LogP contribution in [0.1, 0.15) is 22.7 Å². The lowest BCUT2D eigenvalue weighted by atomic mass is 10.1. The highest BCUT2D eigenvalue weighted by molar-refractivity contribution is 5.73. The van der Waals surface area contributed by atoms with Gasteiger partial charge in [-0.1, -0.05) is 42.5 Å². The molecule has 0 aliphatic rings. The van der Waals surface area contributed by atoms with Crippen LogP contribution in [-0.4, -0.2) is 42.9 Å². The molecule has 0 amide bonds. The number of hydrogen-bond donors (Lipinski definition) is 3. The molecule has 3 aromatic heterocycles. The number of carboxylic acids is 1. The monoisotopic (exact) mass is 537 g/mol. The Morgan fingerprint density at radius 3 is 2.58 bits per heavy atom. The van der Waals surface area contributed by atoms with Crippen molar-refractivity contribution in [1.82, 2.24) is 30.0 Å². The fourth-order valence-electron chi connectivity index (χ4n) is 4.44. The molecule has 0 fully saturated rings. The standard InChI is InChI=1S/C29H27N7O4/c1-17-12-19(14-31-2)8-10-21(17)27-34-35-28(40-27)25-26(30)32-15-22(33-25)20-9-11-24(37)36(16-20)23(29(38)39)13-18-6-4-3-5-7-18/h3-12,15-16,23,31H,13-14H2,1-2H3,(H2,30,32)(H,38,39). The van der Waals surface area contributed by atoms with Gasteiger partial charge < -0.3 is 25.1 Å². The van der Waals surface area contributed by atoms with Gasteiger partial charge in [0.1, 0.15) is 6.04 Å². The van der Waals surface area contributed by atoms with Gasteiger partial charge >= 0.3 is 5.97 Å². The number of aryl methyl sites for hydroxylation is 1. The maximum absolute atomic E-state index is 12.7. The predicted octanol–water partition coefficient (Wildman–Crippen LogP) is 3.50. The van der Waals surface area contributed by atoms with E-state index in [1.807, 2.05) is 62.5 Å². The fraction of sp³-hybridized carbons (Fsp3) is 0.172. The second-order valence-electron chi connectivity index (χ2n) is 9.29. The number of rotatable bonds is 9. The van der Waals surface area contributed by atoms with Crippen LogP contribution in [0.5, 0.6) is 0 Å². The topological polar surface area (TPSA) is 162 Å². The summed E-state index contributed by atoms with van der Waals surface area (Å²) in [5, 5.41) is 21.4. The van der Waals surface area contributed by atoms with Crippen LogP contribution >= 0.6 is 0 Å². The molecule has 11 heteroatoms. The van der Waals surface area contributed by atoms with E-state index in [9.17, 15) is 14.7 Å². The van der Waals surface area contributed by atoms with Crippen molar-refractivity contribution in [3.05, 3.63) is 100 Å². The van der Waals surface area contributed by atoms with Gasteiger partial charge in [-0.2, -0.15) is 0 Å². The second kappa shape index (κ2) is 11.3. The van der Waals surface area contributed by atoms with Gasteiger partial charge in [-0.05, 0) is 42.8 Å². The van der Waals surface area contributed by atoms with Crippen molar-refractivity contribution in [2.45, 2.75) is 25.9 Å². The number of aromatic nitrogens is 5. The van der Waals surface area contributed by atoms with Crippen molar-refractivity contribution in [2.24, 2.45) is 0 Å². The maximum atomic E-state index is 12.7. The van der Waals surface area contributed by atoms with Gasteiger partial charge in [0.25, 0.3) is 11.4 Å². The molecule has 1 atom stereocenters. The van der Waals surface area contributed by atoms with E-state index in [-0.39, 0.29) is 23.8 Å². The normalized spacial score (nSPS) is 11.8. The SMILES string of the molecule is CNCc1ccc(-c2nnc(-c3nc(-c4ccc(=O)n(C(Cc5ccccc5)C(=O)O)c4)cnc3N)o2)c(C)c1. The molecule has 0 spiro atoms. The number of nitrogens with two attached hydrogens (primary N) is 1. The van der Waals surface area contributed by atoms with Gasteiger partial charge in [0, 0.05) is 36.4 Å². The summed E-state index contributed by atoms with van der Waals surface area (Å²) >= 11 is 0. The van der Waals surface area contributed by atoms with E-state index in [1.54, 1.807) is 6.07 Å². The largest absolute Gasteiger partial charge is 0.480 e. The minimum Gasteiger partial charge on any atom is -0.480 e. The molecule has 0 aliphatic heterocycles. The molecular weight excluding hydrogens is 510 g/mol. The van der Waals surface area contributed by atoms with E-state index in [4.69, 9.17) is 10.2 Å². The zero-order valence-electron chi connectivity index (χ0n) is 21.9. The maximum Gasteiger partial charge on any atom is 0.327 e. The smallest absolute Gasteiger partial charge is 0.327 e. The number of carboxylic acid groups (broad SMARTS) is 1. The van der Waals surface area contributed by atoms with Crippen LogP contribution in [0.2, 0.25) is 0 Å². The van der Waals surface area contributed by atoms with Gasteiger partial charge in [0.2, 0.25) is 5.89 Å². The number of anilines is 1. The van der Waals surface area contributed by atoms with Crippen molar-refractivity contribution in [2.75, 3.05) is 12.8 Å². The lowest BCUT2D eigenvalue weighted by Gasteiger charge is -2.17. The van der Waals surface area contributed by atoms with Crippen LogP contribution < -0.4 is 16.6 Å². The van der Waals surface area contributed by atoms with Crippen molar-refractivity contribution >= 4 is 11.8 Å². The number of hydrogen-bond acceptors (Lipinski definition) is 9. The first-order valence-corrected chi connectivity index (χ1v) is 12.5. The Bertz CT molecular complexity index is 1730. The molecule has 3 heterocycles. The molecule has 0 saturated heterocycles. The Morgan fingerprint density at radius 1 is 1.07 bits per heavy atom. The summed E-state index contributed by atoms with van der Waals surface area (Å²) in [4.78, 5) is 33.7. The number of nitrogens with one attached hydrogen (secondary N) is 1. The number of benzene rings is 2. The highest BCUT2D eigenvalue weighted by Gasteiger charge is 2.23. The Kier molecular flexibility index (Phi) is 7.47. The number of nitrogens with zero attached hydrogens (tertiary/aromatic N) is 5.